The molecular weight excluding hydrogens is 296 g/mol. The third-order valence-electron chi connectivity index (χ3n) is 3.56. The minimum Gasteiger partial charge on any atom is -0.496 e. The predicted octanol–water partition coefficient (Wildman–Crippen LogP) is 2.73. The molecule has 0 radical (unpaired) electrons. The van der Waals surface area contributed by atoms with Crippen molar-refractivity contribution in [2.75, 3.05) is 7.11 Å². The zero-order chi connectivity index (χ0) is 16.8. The second-order valence-corrected chi connectivity index (χ2v) is 4.99. The molecule has 2 rings (SSSR count). The molecule has 0 unspecified atom stereocenters. The first kappa shape index (κ1) is 17.0. The number of ether oxygens (including phenoxy) is 1. The van der Waals surface area contributed by atoms with Crippen molar-refractivity contribution in [2.24, 2.45) is 0 Å². The van der Waals surface area contributed by atoms with Gasteiger partial charge in [-0.25, -0.2) is 0 Å². The molecule has 2 N–H and O–H groups in total. The van der Waals surface area contributed by atoms with Gasteiger partial charge in [0.2, 0.25) is 0 Å². The summed E-state index contributed by atoms with van der Waals surface area (Å²) in [6.45, 7) is 1.44. The van der Waals surface area contributed by atoms with Gasteiger partial charge in [-0.3, -0.25) is 4.79 Å². The number of aryl methyl sites for hydroxylation is 1. The number of hydrogen-bond donors (Lipinski definition) is 2. The minimum atomic E-state index is -0.283. The molecule has 5 heteroatoms. The van der Waals surface area contributed by atoms with Gasteiger partial charge in [0.05, 0.1) is 20.3 Å². The van der Waals surface area contributed by atoms with Crippen LogP contribution < -0.4 is 4.74 Å². The van der Waals surface area contributed by atoms with E-state index < -0.39 is 0 Å². The fourth-order valence-corrected chi connectivity index (χ4v) is 2.28. The van der Waals surface area contributed by atoms with Crippen molar-refractivity contribution in [3.05, 3.63) is 58.6 Å². The number of methoxy groups -OCH3 is 1. The van der Waals surface area contributed by atoms with Gasteiger partial charge in [0.15, 0.2) is 5.78 Å². The van der Waals surface area contributed by atoms with Gasteiger partial charge in [-0.2, -0.15) is 0 Å². The number of carbonyl (C=O) groups excluding carboxylic acids is 1. The van der Waals surface area contributed by atoms with Gasteiger partial charge >= 0.3 is 0 Å². The lowest BCUT2D eigenvalue weighted by molar-refractivity contribution is 0.104. The Hall–Kier alpha value is -2.37. The van der Waals surface area contributed by atoms with Crippen molar-refractivity contribution >= 4 is 11.9 Å². The molecule has 0 aliphatic carbocycles. The van der Waals surface area contributed by atoms with E-state index in [1.54, 1.807) is 24.3 Å². The Morgan fingerprint density at radius 3 is 2.61 bits per heavy atom. The highest BCUT2D eigenvalue weighted by Gasteiger charge is 2.13. The van der Waals surface area contributed by atoms with Crippen LogP contribution in [-0.2, 0) is 19.6 Å². The van der Waals surface area contributed by atoms with Gasteiger partial charge in [-0.05, 0) is 42.0 Å². The molecule has 0 fully saturated rings. The number of furan rings is 1. The van der Waals surface area contributed by atoms with Gasteiger partial charge in [0, 0.05) is 17.5 Å². The van der Waals surface area contributed by atoms with Gasteiger partial charge in [0.1, 0.15) is 17.3 Å². The molecule has 1 heterocycles. The van der Waals surface area contributed by atoms with E-state index in [0.717, 1.165) is 12.2 Å². The Kier molecular flexibility index (Phi) is 5.73. The Labute approximate surface area is 134 Å². The monoisotopic (exact) mass is 316 g/mol. The Bertz CT molecular complexity index is 687. The average Bonchev–Trinajstić information content (AvgIpc) is 3.06. The molecule has 1 aromatic carbocycles. The summed E-state index contributed by atoms with van der Waals surface area (Å²) < 4.78 is 10.7. The van der Waals surface area contributed by atoms with E-state index in [-0.39, 0.29) is 19.0 Å². The fourth-order valence-electron chi connectivity index (χ4n) is 2.28. The molecule has 23 heavy (non-hydrogen) atoms. The Morgan fingerprint density at radius 2 is 2.04 bits per heavy atom. The van der Waals surface area contributed by atoms with Crippen LogP contribution in [0.1, 0.15) is 39.9 Å². The SMILES string of the molecule is CCc1ccc(/C=C/C(=O)c2cc(CO)c(CO)c(OC)c2)o1. The molecule has 0 spiro atoms. The standard InChI is InChI=1S/C18H20O5/c1-3-14-4-5-15(23-14)6-7-17(21)12-8-13(10-19)16(11-20)18(9-12)22-2/h4-9,19-20H,3,10-11H2,1-2H3/b7-6+. The first-order valence-electron chi connectivity index (χ1n) is 7.35. The van der Waals surface area contributed by atoms with E-state index >= 15 is 0 Å². The molecule has 0 saturated heterocycles. The molecular formula is C18H20O5. The molecule has 0 amide bonds. The van der Waals surface area contributed by atoms with Crippen molar-refractivity contribution in [2.45, 2.75) is 26.6 Å². The summed E-state index contributed by atoms with van der Waals surface area (Å²) in [4.78, 5) is 12.3. The minimum absolute atomic E-state index is 0.239. The Balaban J connectivity index is 2.28. The lowest BCUT2D eigenvalue weighted by Gasteiger charge is -2.12. The van der Waals surface area contributed by atoms with Gasteiger partial charge in [0.25, 0.3) is 0 Å². The van der Waals surface area contributed by atoms with E-state index in [2.05, 4.69) is 0 Å². The second kappa shape index (κ2) is 7.76. The highest BCUT2D eigenvalue weighted by atomic mass is 16.5. The number of ketones is 1. The van der Waals surface area contributed by atoms with Crippen LogP contribution in [0.2, 0.25) is 0 Å². The lowest BCUT2D eigenvalue weighted by atomic mass is 10.0. The number of carbonyl (C=O) groups is 1. The third kappa shape index (κ3) is 3.88. The molecule has 1 aromatic heterocycles. The number of aliphatic hydroxyl groups is 2. The number of aliphatic hydroxyl groups excluding tert-OH is 2. The van der Waals surface area contributed by atoms with Crippen LogP contribution in [-0.4, -0.2) is 23.1 Å². The van der Waals surface area contributed by atoms with E-state index in [0.29, 0.717) is 28.2 Å². The maximum atomic E-state index is 12.3. The number of benzene rings is 1. The van der Waals surface area contributed by atoms with E-state index in [9.17, 15) is 15.0 Å². The van der Waals surface area contributed by atoms with Crippen LogP contribution in [0.5, 0.6) is 5.75 Å². The molecule has 0 saturated carbocycles. The number of rotatable bonds is 7. The van der Waals surface area contributed by atoms with Crippen molar-refractivity contribution in [1.29, 1.82) is 0 Å². The maximum Gasteiger partial charge on any atom is 0.186 e. The summed E-state index contributed by atoms with van der Waals surface area (Å²) in [5.74, 6) is 1.60. The van der Waals surface area contributed by atoms with Gasteiger partial charge in [-0.1, -0.05) is 6.92 Å². The second-order valence-electron chi connectivity index (χ2n) is 4.99. The smallest absolute Gasteiger partial charge is 0.186 e. The summed E-state index contributed by atoms with van der Waals surface area (Å²) in [6.07, 6.45) is 3.81. The van der Waals surface area contributed by atoms with Crippen LogP contribution in [0.4, 0.5) is 0 Å². The lowest BCUT2D eigenvalue weighted by Crippen LogP contribution is -2.03. The first-order valence-corrected chi connectivity index (χ1v) is 7.35. The Morgan fingerprint density at radius 1 is 1.26 bits per heavy atom. The zero-order valence-electron chi connectivity index (χ0n) is 13.2. The molecule has 2 aromatic rings. The zero-order valence-corrected chi connectivity index (χ0v) is 13.2. The van der Waals surface area contributed by atoms with Crippen LogP contribution in [0.3, 0.4) is 0 Å². The summed E-state index contributed by atoms with van der Waals surface area (Å²) in [7, 11) is 1.45. The topological polar surface area (TPSA) is 79.9 Å². The summed E-state index contributed by atoms with van der Waals surface area (Å²) in [5, 5.41) is 18.8. The maximum absolute atomic E-state index is 12.3. The van der Waals surface area contributed by atoms with Crippen molar-refractivity contribution in [1.82, 2.24) is 0 Å². The van der Waals surface area contributed by atoms with Crippen molar-refractivity contribution in [3.63, 3.8) is 0 Å². The first-order chi connectivity index (χ1) is 11.1. The number of hydrogen-bond acceptors (Lipinski definition) is 5. The third-order valence-corrected chi connectivity index (χ3v) is 3.56. The predicted molar refractivity (Wildman–Crippen MR) is 86.3 cm³/mol. The normalized spacial score (nSPS) is 11.1. The van der Waals surface area contributed by atoms with Gasteiger partial charge in [-0.15, -0.1) is 0 Å². The molecule has 0 atom stereocenters. The van der Waals surface area contributed by atoms with Crippen LogP contribution in [0.15, 0.2) is 34.8 Å². The largest absolute Gasteiger partial charge is 0.496 e. The van der Waals surface area contributed by atoms with Crippen LogP contribution in [0, 0.1) is 0 Å². The molecule has 122 valence electrons. The molecule has 0 aliphatic rings. The number of allylic oxidation sites excluding steroid dienone is 1. The fraction of sp³-hybridized carbons (Fsp3) is 0.278. The molecule has 0 bridgehead atoms. The average molecular weight is 316 g/mol. The van der Waals surface area contributed by atoms with E-state index in [1.807, 2.05) is 13.0 Å². The van der Waals surface area contributed by atoms with Crippen molar-refractivity contribution < 1.29 is 24.2 Å². The highest BCUT2D eigenvalue weighted by Crippen LogP contribution is 2.25. The summed E-state index contributed by atoms with van der Waals surface area (Å²) in [5.41, 5.74) is 1.32. The molecule has 0 aliphatic heterocycles. The van der Waals surface area contributed by atoms with Gasteiger partial charge < -0.3 is 19.4 Å². The summed E-state index contributed by atoms with van der Waals surface area (Å²) in [6, 6.07) is 6.78. The van der Waals surface area contributed by atoms with Crippen molar-refractivity contribution in [3.8, 4) is 5.75 Å². The van der Waals surface area contributed by atoms with Crippen LogP contribution >= 0.6 is 0 Å². The van der Waals surface area contributed by atoms with E-state index in [4.69, 9.17) is 9.15 Å². The van der Waals surface area contributed by atoms with Crippen LogP contribution in [0.25, 0.3) is 6.08 Å². The highest BCUT2D eigenvalue weighted by molar-refractivity contribution is 6.07. The quantitative estimate of drug-likeness (QED) is 0.606. The summed E-state index contributed by atoms with van der Waals surface area (Å²) >= 11 is 0. The van der Waals surface area contributed by atoms with E-state index in [1.165, 1.54) is 13.2 Å². The molecule has 5 nitrogen and oxygen atoms in total.